The molecule has 0 fully saturated rings. The highest BCUT2D eigenvalue weighted by Crippen LogP contribution is 2.29. The van der Waals surface area contributed by atoms with Crippen molar-refractivity contribution in [2.45, 2.75) is 30.7 Å². The molecule has 1 amide bonds. The normalized spacial score (nSPS) is 15.1. The van der Waals surface area contributed by atoms with Crippen molar-refractivity contribution in [2.24, 2.45) is 0 Å². The van der Waals surface area contributed by atoms with Crippen molar-refractivity contribution in [2.75, 3.05) is 5.32 Å². The van der Waals surface area contributed by atoms with Gasteiger partial charge in [0.2, 0.25) is 15.9 Å². The summed E-state index contributed by atoms with van der Waals surface area (Å²) in [7, 11) is -4.08. The number of benzene rings is 3. The smallest absolute Gasteiger partial charge is 0.244 e. The average molecular weight is 398 g/mol. The van der Waals surface area contributed by atoms with Gasteiger partial charge in [-0.05, 0) is 53.4 Å². The van der Waals surface area contributed by atoms with Gasteiger partial charge in [-0.3, -0.25) is 4.79 Å². The van der Waals surface area contributed by atoms with Crippen LogP contribution in [-0.2, 0) is 21.2 Å². The minimum Gasteiger partial charge on any atom is -0.326 e. The number of hydrogen-bond acceptors (Lipinski definition) is 3. The Morgan fingerprint density at radius 2 is 1.79 bits per heavy atom. The van der Waals surface area contributed by atoms with Crippen molar-refractivity contribution >= 4 is 32.4 Å². The van der Waals surface area contributed by atoms with Crippen molar-refractivity contribution in [1.29, 1.82) is 0 Å². The van der Waals surface area contributed by atoms with Gasteiger partial charge in [0.25, 0.3) is 0 Å². The van der Waals surface area contributed by atoms with E-state index >= 15 is 0 Å². The van der Waals surface area contributed by atoms with E-state index in [2.05, 4.69) is 10.0 Å². The first-order chi connectivity index (χ1) is 13.3. The second kappa shape index (κ2) is 7.00. The molecule has 0 aromatic heterocycles. The second-order valence-corrected chi connectivity index (χ2v) is 8.62. The fourth-order valence-corrected chi connectivity index (χ4v) is 4.77. The molecule has 0 radical (unpaired) electrons. The molecule has 1 aliphatic rings. The van der Waals surface area contributed by atoms with Crippen molar-refractivity contribution in [3.63, 3.8) is 0 Å². The summed E-state index contributed by atoms with van der Waals surface area (Å²) in [5.41, 5.74) is 1.72. The lowest BCUT2D eigenvalue weighted by Gasteiger charge is -2.20. The first kappa shape index (κ1) is 18.6. The molecule has 0 saturated heterocycles. The Bertz CT molecular complexity index is 1190. The lowest BCUT2D eigenvalue weighted by molar-refractivity contribution is -0.116. The third-order valence-electron chi connectivity index (χ3n) is 4.95. The summed E-state index contributed by atoms with van der Waals surface area (Å²) in [5, 5.41) is 4.63. The van der Waals surface area contributed by atoms with Crippen LogP contribution in [0.2, 0.25) is 0 Å². The molecule has 4 rings (SSSR count). The maximum Gasteiger partial charge on any atom is 0.244 e. The van der Waals surface area contributed by atoms with E-state index in [4.69, 9.17) is 0 Å². The largest absolute Gasteiger partial charge is 0.326 e. The monoisotopic (exact) mass is 398 g/mol. The van der Waals surface area contributed by atoms with E-state index in [1.807, 2.05) is 42.5 Å². The molecule has 0 bridgehead atoms. The third kappa shape index (κ3) is 3.50. The van der Waals surface area contributed by atoms with Gasteiger partial charge in [-0.25, -0.2) is 17.5 Å². The molecule has 1 aliphatic heterocycles. The number of halogens is 1. The van der Waals surface area contributed by atoms with Crippen LogP contribution in [0, 0.1) is 5.82 Å². The fraction of sp³-hybridized carbons (Fsp3) is 0.190. The lowest BCUT2D eigenvalue weighted by atomic mass is 10.0. The van der Waals surface area contributed by atoms with E-state index in [1.165, 1.54) is 6.07 Å². The van der Waals surface area contributed by atoms with Gasteiger partial charge in [-0.15, -0.1) is 0 Å². The number of rotatable bonds is 4. The highest BCUT2D eigenvalue weighted by Gasteiger charge is 2.26. The Morgan fingerprint density at radius 3 is 2.57 bits per heavy atom. The molecular formula is C21H19FN2O3S. The van der Waals surface area contributed by atoms with E-state index < -0.39 is 26.8 Å². The third-order valence-corrected chi connectivity index (χ3v) is 6.50. The van der Waals surface area contributed by atoms with Gasteiger partial charge in [0.05, 0.1) is 0 Å². The molecule has 0 aliphatic carbocycles. The summed E-state index contributed by atoms with van der Waals surface area (Å²) in [6.45, 7) is 1.72. The predicted octanol–water partition coefficient (Wildman–Crippen LogP) is 3.90. The molecule has 3 aromatic carbocycles. The number of hydrogen-bond donors (Lipinski definition) is 2. The SMILES string of the molecule is CC(NS(=O)(=O)c1cc2c(cc1F)NC(=O)CC2)c1ccc2ccccc2c1. The zero-order valence-corrected chi connectivity index (χ0v) is 16.0. The summed E-state index contributed by atoms with van der Waals surface area (Å²) >= 11 is 0. The standard InChI is InChI=1S/C21H19FN2O3S/c1-13(15-7-6-14-4-2-3-5-16(14)10-15)24-28(26,27)20-11-17-8-9-21(25)23-19(17)12-18(20)22/h2-7,10-13,24H,8-9H2,1H3,(H,23,25). The van der Waals surface area contributed by atoms with Crippen LogP contribution >= 0.6 is 0 Å². The van der Waals surface area contributed by atoms with Crippen molar-refractivity contribution in [3.05, 3.63) is 71.5 Å². The fourth-order valence-electron chi connectivity index (χ4n) is 3.43. The Morgan fingerprint density at radius 1 is 1.04 bits per heavy atom. The van der Waals surface area contributed by atoms with Crippen molar-refractivity contribution in [3.8, 4) is 0 Å². The maximum atomic E-state index is 14.5. The van der Waals surface area contributed by atoms with Gasteiger partial charge >= 0.3 is 0 Å². The second-order valence-electron chi connectivity index (χ2n) is 6.94. The Kier molecular flexibility index (Phi) is 4.64. The van der Waals surface area contributed by atoms with Crippen LogP contribution in [0.4, 0.5) is 10.1 Å². The van der Waals surface area contributed by atoms with E-state index in [0.717, 1.165) is 22.4 Å². The molecule has 0 saturated carbocycles. The first-order valence-electron chi connectivity index (χ1n) is 8.97. The number of amides is 1. The van der Waals surface area contributed by atoms with Crippen LogP contribution in [0.15, 0.2) is 59.5 Å². The summed E-state index contributed by atoms with van der Waals surface area (Å²) in [6.07, 6.45) is 0.628. The molecule has 5 nitrogen and oxygen atoms in total. The van der Waals surface area contributed by atoms with Crippen LogP contribution in [-0.4, -0.2) is 14.3 Å². The number of carbonyl (C=O) groups excluding carboxylic acids is 1. The number of sulfonamides is 1. The molecule has 7 heteroatoms. The molecule has 0 spiro atoms. The Labute approximate surface area is 162 Å². The van der Waals surface area contributed by atoms with Crippen LogP contribution in [0.5, 0.6) is 0 Å². The number of carbonyl (C=O) groups is 1. The highest BCUT2D eigenvalue weighted by molar-refractivity contribution is 7.89. The topological polar surface area (TPSA) is 75.3 Å². The number of nitrogens with one attached hydrogen (secondary N) is 2. The van der Waals surface area contributed by atoms with Crippen molar-refractivity contribution < 1.29 is 17.6 Å². The zero-order valence-electron chi connectivity index (χ0n) is 15.2. The van der Waals surface area contributed by atoms with Crippen LogP contribution < -0.4 is 10.0 Å². The Hall–Kier alpha value is -2.77. The predicted molar refractivity (Wildman–Crippen MR) is 106 cm³/mol. The summed E-state index contributed by atoms with van der Waals surface area (Å²) in [6, 6.07) is 15.3. The van der Waals surface area contributed by atoms with Gasteiger partial charge in [0.1, 0.15) is 10.7 Å². The van der Waals surface area contributed by atoms with E-state index in [0.29, 0.717) is 17.7 Å². The number of fused-ring (bicyclic) bond motifs is 2. The van der Waals surface area contributed by atoms with Crippen molar-refractivity contribution in [1.82, 2.24) is 4.72 Å². The number of anilines is 1. The Balaban J connectivity index is 1.64. The summed E-state index contributed by atoms with van der Waals surface area (Å²) in [5.74, 6) is -1.09. The van der Waals surface area contributed by atoms with Gasteiger partial charge in [0, 0.05) is 18.2 Å². The summed E-state index contributed by atoms with van der Waals surface area (Å²) in [4.78, 5) is 11.0. The lowest BCUT2D eigenvalue weighted by Crippen LogP contribution is -2.28. The van der Waals surface area contributed by atoms with Crippen LogP contribution in [0.1, 0.15) is 30.5 Å². The molecule has 2 N–H and O–H groups in total. The van der Waals surface area contributed by atoms with E-state index in [-0.39, 0.29) is 12.3 Å². The maximum absolute atomic E-state index is 14.5. The van der Waals surface area contributed by atoms with Crippen LogP contribution in [0.25, 0.3) is 10.8 Å². The minimum atomic E-state index is -4.08. The average Bonchev–Trinajstić information content (AvgIpc) is 2.66. The molecular weight excluding hydrogens is 379 g/mol. The highest BCUT2D eigenvalue weighted by atomic mass is 32.2. The first-order valence-corrected chi connectivity index (χ1v) is 10.4. The minimum absolute atomic E-state index is 0.203. The van der Waals surface area contributed by atoms with Gasteiger partial charge in [-0.2, -0.15) is 0 Å². The quantitative estimate of drug-likeness (QED) is 0.700. The molecule has 28 heavy (non-hydrogen) atoms. The van der Waals surface area contributed by atoms with E-state index in [9.17, 15) is 17.6 Å². The molecule has 3 aromatic rings. The molecule has 1 heterocycles. The van der Waals surface area contributed by atoms with Gasteiger partial charge in [-0.1, -0.05) is 36.4 Å². The summed E-state index contributed by atoms with van der Waals surface area (Å²) < 4.78 is 42.7. The zero-order chi connectivity index (χ0) is 19.9. The molecule has 1 unspecified atom stereocenters. The van der Waals surface area contributed by atoms with Gasteiger partial charge in [0.15, 0.2) is 0 Å². The van der Waals surface area contributed by atoms with Crippen LogP contribution in [0.3, 0.4) is 0 Å². The van der Waals surface area contributed by atoms with Gasteiger partial charge < -0.3 is 5.32 Å². The number of aryl methyl sites for hydroxylation is 1. The van der Waals surface area contributed by atoms with E-state index in [1.54, 1.807) is 6.92 Å². The molecule has 1 atom stereocenters. The molecule has 144 valence electrons.